The van der Waals surface area contributed by atoms with Gasteiger partial charge in [0.05, 0.1) is 7.11 Å². The third-order valence-corrected chi connectivity index (χ3v) is 3.35. The number of nitrogens with two attached hydrogens (primary N) is 1. The van der Waals surface area contributed by atoms with Gasteiger partial charge in [-0.2, -0.15) is 0 Å². The van der Waals surface area contributed by atoms with Gasteiger partial charge in [0.1, 0.15) is 5.75 Å². The lowest BCUT2D eigenvalue weighted by Gasteiger charge is -2.08. The number of anilines is 2. The van der Waals surface area contributed by atoms with Crippen LogP contribution in [0.25, 0.3) is 0 Å². The van der Waals surface area contributed by atoms with E-state index in [-0.39, 0.29) is 5.91 Å². The van der Waals surface area contributed by atoms with E-state index in [1.54, 1.807) is 13.2 Å². The number of methoxy groups -OCH3 is 1. The monoisotopic (exact) mass is 284 g/mol. The average molecular weight is 284 g/mol. The molecule has 0 unspecified atom stereocenters. The molecule has 2 rings (SSSR count). The summed E-state index contributed by atoms with van der Waals surface area (Å²) in [7, 11) is 1.64. The van der Waals surface area contributed by atoms with Crippen LogP contribution < -0.4 is 15.8 Å². The summed E-state index contributed by atoms with van der Waals surface area (Å²) in [5.41, 5.74) is 9.33. The molecule has 0 atom stereocenters. The summed E-state index contributed by atoms with van der Waals surface area (Å²) in [6.45, 7) is 1.92. The number of carbonyl (C=O) groups excluding carboxylic acids is 1. The van der Waals surface area contributed by atoms with Crippen molar-refractivity contribution in [2.75, 3.05) is 18.2 Å². The van der Waals surface area contributed by atoms with E-state index >= 15 is 0 Å². The lowest BCUT2D eigenvalue weighted by Crippen LogP contribution is -2.12. The molecule has 4 heteroatoms. The van der Waals surface area contributed by atoms with Gasteiger partial charge in [-0.3, -0.25) is 4.79 Å². The van der Waals surface area contributed by atoms with Gasteiger partial charge in [0, 0.05) is 17.8 Å². The first-order valence-corrected chi connectivity index (χ1v) is 6.87. The van der Waals surface area contributed by atoms with Crippen molar-refractivity contribution in [3.05, 3.63) is 53.6 Å². The molecule has 0 spiro atoms. The second-order valence-corrected chi connectivity index (χ2v) is 4.97. The Morgan fingerprint density at radius 3 is 2.52 bits per heavy atom. The third kappa shape index (κ3) is 4.24. The highest BCUT2D eigenvalue weighted by Gasteiger charge is 2.04. The van der Waals surface area contributed by atoms with Crippen LogP contribution in [0.5, 0.6) is 5.75 Å². The predicted octanol–water partition coefficient (Wildman–Crippen LogP) is 3.16. The molecular formula is C17H20N2O2. The first-order valence-electron chi connectivity index (χ1n) is 6.87. The molecule has 1 amide bonds. The van der Waals surface area contributed by atoms with Gasteiger partial charge < -0.3 is 15.8 Å². The molecule has 0 aliphatic rings. The molecule has 0 aliphatic carbocycles. The summed E-state index contributed by atoms with van der Waals surface area (Å²) in [4.78, 5) is 11.9. The first-order chi connectivity index (χ1) is 10.1. The average Bonchev–Trinajstić information content (AvgIpc) is 2.49. The van der Waals surface area contributed by atoms with Crippen LogP contribution in [0.3, 0.4) is 0 Å². The molecule has 21 heavy (non-hydrogen) atoms. The van der Waals surface area contributed by atoms with E-state index in [9.17, 15) is 4.79 Å². The Morgan fingerprint density at radius 2 is 1.90 bits per heavy atom. The van der Waals surface area contributed by atoms with Crippen LogP contribution in [0.4, 0.5) is 11.4 Å². The fraction of sp³-hybridized carbons (Fsp3) is 0.235. The third-order valence-electron chi connectivity index (χ3n) is 3.35. The highest BCUT2D eigenvalue weighted by molar-refractivity contribution is 5.91. The Morgan fingerprint density at radius 1 is 1.19 bits per heavy atom. The number of aryl methyl sites for hydroxylation is 2. The topological polar surface area (TPSA) is 64.3 Å². The van der Waals surface area contributed by atoms with Gasteiger partial charge in [-0.1, -0.05) is 12.1 Å². The lowest BCUT2D eigenvalue weighted by molar-refractivity contribution is -0.116. The van der Waals surface area contributed by atoms with Gasteiger partial charge in [0.15, 0.2) is 0 Å². The molecule has 0 bridgehead atoms. The molecule has 3 N–H and O–H groups in total. The van der Waals surface area contributed by atoms with Crippen molar-refractivity contribution in [1.29, 1.82) is 0 Å². The SMILES string of the molecule is COc1ccc(CCC(=O)Nc2ccc(N)c(C)c2)cc1. The zero-order valence-electron chi connectivity index (χ0n) is 12.3. The standard InChI is InChI=1S/C17H20N2O2/c1-12-11-14(6-9-16(12)18)19-17(20)10-5-13-3-7-15(21-2)8-4-13/h3-4,6-9,11H,5,10,18H2,1-2H3,(H,19,20). The molecule has 2 aromatic carbocycles. The summed E-state index contributed by atoms with van der Waals surface area (Å²) in [6.07, 6.45) is 1.14. The number of nitrogen functional groups attached to an aromatic ring is 1. The van der Waals surface area contributed by atoms with Crippen molar-refractivity contribution in [2.45, 2.75) is 19.8 Å². The molecule has 0 fully saturated rings. The van der Waals surface area contributed by atoms with Crippen LogP contribution >= 0.6 is 0 Å². The Kier molecular flexibility index (Phi) is 4.82. The van der Waals surface area contributed by atoms with Gasteiger partial charge in [-0.15, -0.1) is 0 Å². The van der Waals surface area contributed by atoms with Crippen LogP contribution in [0.15, 0.2) is 42.5 Å². The predicted molar refractivity (Wildman–Crippen MR) is 85.5 cm³/mol. The second-order valence-electron chi connectivity index (χ2n) is 4.97. The van der Waals surface area contributed by atoms with Crippen molar-refractivity contribution in [3.8, 4) is 5.75 Å². The van der Waals surface area contributed by atoms with E-state index in [0.29, 0.717) is 12.8 Å². The summed E-state index contributed by atoms with van der Waals surface area (Å²) in [5.74, 6) is 0.815. The summed E-state index contributed by atoms with van der Waals surface area (Å²) >= 11 is 0. The molecule has 0 radical (unpaired) electrons. The van der Waals surface area contributed by atoms with Crippen molar-refractivity contribution >= 4 is 17.3 Å². The Balaban J connectivity index is 1.87. The number of hydrogen-bond acceptors (Lipinski definition) is 3. The lowest BCUT2D eigenvalue weighted by atomic mass is 10.1. The molecule has 0 aromatic heterocycles. The van der Waals surface area contributed by atoms with Gasteiger partial charge >= 0.3 is 0 Å². The summed E-state index contributed by atoms with van der Waals surface area (Å²) in [5, 5.41) is 2.88. The first kappa shape index (κ1) is 14.9. The second kappa shape index (κ2) is 6.79. The van der Waals surface area contributed by atoms with E-state index in [0.717, 1.165) is 28.3 Å². The quantitative estimate of drug-likeness (QED) is 0.829. The van der Waals surface area contributed by atoms with Gasteiger partial charge in [-0.05, 0) is 54.8 Å². The smallest absolute Gasteiger partial charge is 0.224 e. The van der Waals surface area contributed by atoms with Crippen LogP contribution in [-0.2, 0) is 11.2 Å². The van der Waals surface area contributed by atoms with Crippen LogP contribution in [0.1, 0.15) is 17.5 Å². The minimum absolute atomic E-state index is 0.00464. The Bertz CT molecular complexity index is 621. The maximum atomic E-state index is 11.9. The minimum atomic E-state index is -0.00464. The van der Waals surface area contributed by atoms with E-state index < -0.39 is 0 Å². The highest BCUT2D eigenvalue weighted by atomic mass is 16.5. The molecule has 0 heterocycles. The van der Waals surface area contributed by atoms with Crippen molar-refractivity contribution in [1.82, 2.24) is 0 Å². The van der Waals surface area contributed by atoms with Gasteiger partial charge in [0.25, 0.3) is 0 Å². The fourth-order valence-corrected chi connectivity index (χ4v) is 2.03. The number of hydrogen-bond donors (Lipinski definition) is 2. The van der Waals surface area contributed by atoms with Crippen LogP contribution in [-0.4, -0.2) is 13.0 Å². The molecular weight excluding hydrogens is 264 g/mol. The molecule has 110 valence electrons. The number of amides is 1. The van der Waals surface area contributed by atoms with E-state index in [2.05, 4.69) is 5.32 Å². The van der Waals surface area contributed by atoms with E-state index in [4.69, 9.17) is 10.5 Å². The number of benzene rings is 2. The van der Waals surface area contributed by atoms with Crippen LogP contribution in [0, 0.1) is 6.92 Å². The number of ether oxygens (including phenoxy) is 1. The van der Waals surface area contributed by atoms with E-state index in [1.807, 2.05) is 43.3 Å². The molecule has 0 saturated carbocycles. The normalized spacial score (nSPS) is 10.2. The van der Waals surface area contributed by atoms with Crippen molar-refractivity contribution in [2.24, 2.45) is 0 Å². The van der Waals surface area contributed by atoms with Crippen molar-refractivity contribution in [3.63, 3.8) is 0 Å². The molecule has 4 nitrogen and oxygen atoms in total. The molecule has 0 aliphatic heterocycles. The number of carbonyl (C=O) groups is 1. The fourth-order valence-electron chi connectivity index (χ4n) is 2.03. The van der Waals surface area contributed by atoms with Gasteiger partial charge in [-0.25, -0.2) is 0 Å². The maximum absolute atomic E-state index is 11.9. The number of rotatable bonds is 5. The number of nitrogens with one attached hydrogen (secondary N) is 1. The zero-order chi connectivity index (χ0) is 15.2. The Hall–Kier alpha value is -2.49. The molecule has 2 aromatic rings. The zero-order valence-corrected chi connectivity index (χ0v) is 12.3. The van der Waals surface area contributed by atoms with Crippen LogP contribution in [0.2, 0.25) is 0 Å². The summed E-state index contributed by atoms with van der Waals surface area (Å²) < 4.78 is 5.11. The Labute approximate surface area is 124 Å². The molecule has 0 saturated heterocycles. The minimum Gasteiger partial charge on any atom is -0.497 e. The van der Waals surface area contributed by atoms with E-state index in [1.165, 1.54) is 0 Å². The maximum Gasteiger partial charge on any atom is 0.224 e. The highest BCUT2D eigenvalue weighted by Crippen LogP contribution is 2.17. The van der Waals surface area contributed by atoms with Gasteiger partial charge in [0.2, 0.25) is 5.91 Å². The van der Waals surface area contributed by atoms with Crippen molar-refractivity contribution < 1.29 is 9.53 Å². The summed E-state index contributed by atoms with van der Waals surface area (Å²) in [6, 6.07) is 13.2. The largest absolute Gasteiger partial charge is 0.497 e.